The Morgan fingerprint density at radius 2 is 1.39 bits per heavy atom. The number of carbonyl (C=O) groups is 6. The second kappa shape index (κ2) is 25.4. The molecule has 1 fully saturated rings. The van der Waals surface area contributed by atoms with Crippen LogP contribution in [0.4, 0.5) is 9.18 Å². The van der Waals surface area contributed by atoms with E-state index in [0.717, 1.165) is 11.1 Å². The van der Waals surface area contributed by atoms with Crippen LogP contribution in [0.5, 0.6) is 0 Å². The lowest BCUT2D eigenvalue weighted by Gasteiger charge is -2.41. The summed E-state index contributed by atoms with van der Waals surface area (Å²) in [6.45, 7) is 12.5. The van der Waals surface area contributed by atoms with Gasteiger partial charge in [0.15, 0.2) is 0 Å². The zero-order chi connectivity index (χ0) is 47.8. The Kier molecular flexibility index (Phi) is 21.1. The van der Waals surface area contributed by atoms with Gasteiger partial charge in [-0.05, 0) is 28.9 Å². The number of carbonyl (C=O) groups excluding carboxylic acids is 6. The van der Waals surface area contributed by atoms with E-state index in [2.05, 4.69) is 10.6 Å². The molecule has 0 aliphatic carbocycles. The predicted octanol–water partition coefficient (Wildman–Crippen LogP) is 5.19. The van der Waals surface area contributed by atoms with Crippen LogP contribution in [0.25, 0.3) is 0 Å². The number of amides is 5. The van der Waals surface area contributed by atoms with Gasteiger partial charge in [0.2, 0.25) is 23.6 Å². The molecule has 10 atom stereocenters. The van der Waals surface area contributed by atoms with Gasteiger partial charge in [0.25, 0.3) is 0 Å². The van der Waals surface area contributed by atoms with E-state index in [1.807, 2.05) is 88.4 Å². The molecule has 16 heteroatoms. The zero-order valence-electron chi connectivity index (χ0n) is 39.7. The van der Waals surface area contributed by atoms with Crippen LogP contribution >= 0.6 is 0 Å². The van der Waals surface area contributed by atoms with Crippen LogP contribution in [0.3, 0.4) is 0 Å². The van der Waals surface area contributed by atoms with Gasteiger partial charge in [-0.1, -0.05) is 116 Å². The number of likely N-dealkylation sites (N-methyl/N-ethyl adjacent to an activating group) is 2. The molecule has 2 aromatic rings. The van der Waals surface area contributed by atoms with Gasteiger partial charge < -0.3 is 39.4 Å². The summed E-state index contributed by atoms with van der Waals surface area (Å²) in [5.74, 6) is -4.36. The third kappa shape index (κ3) is 14.2. The summed E-state index contributed by atoms with van der Waals surface area (Å²) in [6, 6.07) is 13.9. The van der Waals surface area contributed by atoms with Crippen molar-refractivity contribution in [3.63, 3.8) is 0 Å². The molecular formula is C48H72FN5O10. The molecular weight excluding hydrogens is 826 g/mol. The van der Waals surface area contributed by atoms with E-state index in [-0.39, 0.29) is 50.2 Å². The standard InChI is InChI=1S/C48H72FN5O10/c1-13-31(6)42(52(8)46(58)40(29(2)3)51-45(57)41(30(4)5)53(9)48(60)64-28-34-22-18-15-19-23-34)38(61-10)26-39(55)54-27-35(49)25-37(54)43(62-11)32(7)44(56)50-36(47(59)63-12)24-33-20-16-14-17-21-33/h14-23,29-32,35-38,40-43H,13,24-28H2,1-12H3,(H,50,56)(H,51,57)/t31-,32+,35-,36?,37-,38+,40-,41-,42-,43+/m0/s1. The number of halogens is 1. The summed E-state index contributed by atoms with van der Waals surface area (Å²) in [5, 5.41) is 5.69. The number of alkyl halides is 1. The SMILES string of the molecule is CC[C@H](C)[C@@H]([C@@H](CC(=O)N1C[C@@H](F)C[C@H]1[C@H](OC)[C@@H](C)C(=O)NC(Cc1ccccc1)C(=O)OC)OC)N(C)C(=O)[C@@H](NC(=O)[C@H](C(C)C)N(C)C(=O)OCc1ccccc1)C(C)C. The molecule has 2 N–H and O–H groups in total. The van der Waals surface area contributed by atoms with Crippen molar-refractivity contribution < 1.29 is 52.1 Å². The highest BCUT2D eigenvalue weighted by Gasteiger charge is 2.46. The monoisotopic (exact) mass is 898 g/mol. The van der Waals surface area contributed by atoms with Crippen LogP contribution < -0.4 is 10.6 Å². The van der Waals surface area contributed by atoms with Gasteiger partial charge in [-0.3, -0.25) is 24.1 Å². The lowest BCUT2D eigenvalue weighted by Crippen LogP contribution is -2.60. The van der Waals surface area contributed by atoms with Crippen molar-refractivity contribution in [1.29, 1.82) is 0 Å². The number of nitrogens with one attached hydrogen (secondary N) is 2. The average Bonchev–Trinajstić information content (AvgIpc) is 3.67. The number of benzene rings is 2. The van der Waals surface area contributed by atoms with Crippen molar-refractivity contribution in [2.75, 3.05) is 42.0 Å². The molecule has 0 saturated carbocycles. The smallest absolute Gasteiger partial charge is 0.410 e. The predicted molar refractivity (Wildman–Crippen MR) is 240 cm³/mol. The largest absolute Gasteiger partial charge is 0.467 e. The van der Waals surface area contributed by atoms with Gasteiger partial charge in [-0.15, -0.1) is 0 Å². The second-order valence-electron chi connectivity index (χ2n) is 17.6. The molecule has 0 spiro atoms. The van der Waals surface area contributed by atoms with E-state index in [0.29, 0.717) is 6.42 Å². The minimum absolute atomic E-state index is 0.0268. The number of rotatable bonds is 23. The van der Waals surface area contributed by atoms with Crippen LogP contribution in [-0.2, 0) is 55.9 Å². The zero-order valence-corrected chi connectivity index (χ0v) is 39.7. The highest BCUT2D eigenvalue weighted by Crippen LogP contribution is 2.31. The van der Waals surface area contributed by atoms with E-state index in [4.69, 9.17) is 18.9 Å². The summed E-state index contributed by atoms with van der Waals surface area (Å²) in [4.78, 5) is 86.6. The summed E-state index contributed by atoms with van der Waals surface area (Å²) in [6.07, 6.45) is -3.39. The number of ether oxygens (including phenoxy) is 4. The van der Waals surface area contributed by atoms with Gasteiger partial charge in [-0.25, -0.2) is 14.0 Å². The maximum Gasteiger partial charge on any atom is 0.410 e. The Labute approximate surface area is 379 Å². The Bertz CT molecular complexity index is 1820. The first kappa shape index (κ1) is 53.2. The van der Waals surface area contributed by atoms with Gasteiger partial charge in [0.05, 0.1) is 50.3 Å². The summed E-state index contributed by atoms with van der Waals surface area (Å²) in [5.41, 5.74) is 1.60. The minimum atomic E-state index is -1.40. The first-order valence-electron chi connectivity index (χ1n) is 22.2. The lowest BCUT2D eigenvalue weighted by molar-refractivity contribution is -0.149. The molecule has 1 unspecified atom stereocenters. The normalized spacial score (nSPS) is 18.8. The molecule has 1 heterocycles. The van der Waals surface area contributed by atoms with Gasteiger partial charge in [-0.2, -0.15) is 0 Å². The first-order valence-corrected chi connectivity index (χ1v) is 22.2. The van der Waals surface area contributed by atoms with Crippen LogP contribution in [0, 0.1) is 23.7 Å². The van der Waals surface area contributed by atoms with E-state index in [1.165, 1.54) is 43.1 Å². The van der Waals surface area contributed by atoms with Gasteiger partial charge in [0.1, 0.15) is 30.9 Å². The van der Waals surface area contributed by atoms with Crippen molar-refractivity contribution in [3.05, 3.63) is 71.8 Å². The maximum atomic E-state index is 15.4. The number of methoxy groups -OCH3 is 3. The van der Waals surface area contributed by atoms with E-state index in [1.54, 1.807) is 27.8 Å². The molecule has 1 aliphatic heterocycles. The molecule has 15 nitrogen and oxygen atoms in total. The summed E-state index contributed by atoms with van der Waals surface area (Å²) >= 11 is 0. The number of likely N-dealkylation sites (tertiary alicyclic amines) is 1. The average molecular weight is 898 g/mol. The Morgan fingerprint density at radius 3 is 1.91 bits per heavy atom. The van der Waals surface area contributed by atoms with Gasteiger partial charge >= 0.3 is 12.1 Å². The quantitative estimate of drug-likeness (QED) is 0.142. The third-order valence-corrected chi connectivity index (χ3v) is 12.4. The highest BCUT2D eigenvalue weighted by molar-refractivity contribution is 5.92. The molecule has 0 bridgehead atoms. The van der Waals surface area contributed by atoms with E-state index >= 15 is 4.39 Å². The van der Waals surface area contributed by atoms with Crippen molar-refractivity contribution >= 4 is 35.7 Å². The number of nitrogens with zero attached hydrogens (tertiary/aromatic N) is 3. The van der Waals surface area contributed by atoms with Crippen LogP contribution in [0.2, 0.25) is 0 Å². The van der Waals surface area contributed by atoms with Crippen molar-refractivity contribution in [2.45, 2.75) is 129 Å². The third-order valence-electron chi connectivity index (χ3n) is 12.4. The first-order chi connectivity index (χ1) is 30.3. The van der Waals surface area contributed by atoms with Crippen LogP contribution in [0.15, 0.2) is 60.7 Å². The fourth-order valence-electron chi connectivity index (χ4n) is 8.59. The summed E-state index contributed by atoms with van der Waals surface area (Å²) < 4.78 is 37.7. The molecule has 5 amide bonds. The van der Waals surface area contributed by atoms with Crippen molar-refractivity contribution in [1.82, 2.24) is 25.3 Å². The van der Waals surface area contributed by atoms with Crippen molar-refractivity contribution in [3.8, 4) is 0 Å². The Balaban J connectivity index is 1.80. The molecule has 1 saturated heterocycles. The minimum Gasteiger partial charge on any atom is -0.467 e. The molecule has 3 rings (SSSR count). The summed E-state index contributed by atoms with van der Waals surface area (Å²) in [7, 11) is 7.18. The van der Waals surface area contributed by atoms with Crippen LogP contribution in [-0.4, -0.2) is 141 Å². The van der Waals surface area contributed by atoms with Crippen molar-refractivity contribution in [2.24, 2.45) is 23.7 Å². The second-order valence-corrected chi connectivity index (χ2v) is 17.6. The topological polar surface area (TPSA) is 173 Å². The Morgan fingerprint density at radius 1 is 0.797 bits per heavy atom. The molecule has 64 heavy (non-hydrogen) atoms. The maximum absolute atomic E-state index is 15.4. The molecule has 2 aromatic carbocycles. The molecule has 0 aromatic heterocycles. The number of hydrogen-bond donors (Lipinski definition) is 2. The number of esters is 1. The van der Waals surface area contributed by atoms with Crippen LogP contribution in [0.1, 0.15) is 78.9 Å². The molecule has 1 aliphatic rings. The number of hydrogen-bond acceptors (Lipinski definition) is 10. The van der Waals surface area contributed by atoms with E-state index in [9.17, 15) is 28.8 Å². The fraction of sp³-hybridized carbons (Fsp3) is 0.625. The fourth-order valence-corrected chi connectivity index (χ4v) is 8.59. The molecule has 356 valence electrons. The lowest BCUT2D eigenvalue weighted by atomic mass is 9.89. The van der Waals surface area contributed by atoms with Gasteiger partial charge in [0, 0.05) is 41.2 Å². The highest BCUT2D eigenvalue weighted by atomic mass is 19.1. The van der Waals surface area contributed by atoms with E-state index < -0.39 is 90.2 Å². The Hall–Kier alpha value is -5.09. The molecule has 0 radical (unpaired) electrons.